The summed E-state index contributed by atoms with van der Waals surface area (Å²) >= 11 is 6.21. The summed E-state index contributed by atoms with van der Waals surface area (Å²) in [5.74, 6) is 0.259. The molecular formula is C16H17ClN2O. The van der Waals surface area contributed by atoms with Crippen LogP contribution < -0.4 is 0 Å². The maximum Gasteiger partial charge on any atom is 0.144 e. The molecule has 1 atom stereocenters. The van der Waals surface area contributed by atoms with Crippen molar-refractivity contribution in [2.45, 2.75) is 32.1 Å². The van der Waals surface area contributed by atoms with Crippen molar-refractivity contribution in [1.29, 1.82) is 0 Å². The quantitative estimate of drug-likeness (QED) is 0.869. The van der Waals surface area contributed by atoms with Gasteiger partial charge in [-0.2, -0.15) is 5.10 Å². The molecule has 1 unspecified atom stereocenters. The Kier molecular flexibility index (Phi) is 3.38. The first-order valence-corrected chi connectivity index (χ1v) is 7.24. The molecule has 3 nitrogen and oxygen atoms in total. The molecule has 1 aromatic carbocycles. The Bertz CT molecular complexity index is 675. The number of nitrogens with zero attached hydrogens (tertiary/aromatic N) is 2. The minimum Gasteiger partial charge on any atom is -0.299 e. The van der Waals surface area contributed by atoms with Gasteiger partial charge in [-0.25, -0.2) is 0 Å². The Morgan fingerprint density at radius 2 is 2.20 bits per heavy atom. The fourth-order valence-corrected chi connectivity index (χ4v) is 3.31. The third-order valence-corrected chi connectivity index (χ3v) is 4.62. The number of rotatable bonds is 3. The fourth-order valence-electron chi connectivity index (χ4n) is 3.06. The Morgan fingerprint density at radius 3 is 2.90 bits per heavy atom. The summed E-state index contributed by atoms with van der Waals surface area (Å²) in [4.78, 5) is 12.6. The number of Topliss-reactive ketones (excluding diaryl/α,β-unsaturated/α-hetero) is 1. The van der Waals surface area contributed by atoms with Gasteiger partial charge < -0.3 is 0 Å². The molecule has 0 spiro atoms. The number of halogens is 1. The number of aryl methyl sites for hydroxylation is 3. The van der Waals surface area contributed by atoms with Crippen LogP contribution >= 0.6 is 11.6 Å². The molecule has 0 N–H and O–H groups in total. The lowest BCUT2D eigenvalue weighted by Crippen LogP contribution is -2.13. The van der Waals surface area contributed by atoms with Gasteiger partial charge in [-0.05, 0) is 30.9 Å². The summed E-state index contributed by atoms with van der Waals surface area (Å²) in [7, 11) is 1.80. The van der Waals surface area contributed by atoms with E-state index >= 15 is 0 Å². The van der Waals surface area contributed by atoms with Crippen LogP contribution in [0.4, 0.5) is 0 Å². The largest absolute Gasteiger partial charge is 0.299 e. The Morgan fingerprint density at radius 1 is 1.45 bits per heavy atom. The maximum absolute atomic E-state index is 12.6. The Hall–Kier alpha value is -1.61. The zero-order valence-electron chi connectivity index (χ0n) is 11.7. The van der Waals surface area contributed by atoms with E-state index in [0.29, 0.717) is 11.6 Å². The lowest BCUT2D eigenvalue weighted by Gasteiger charge is -2.10. The molecule has 3 rings (SSSR count). The highest BCUT2D eigenvalue weighted by Gasteiger charge is 2.29. The van der Waals surface area contributed by atoms with Crippen LogP contribution in [-0.2, 0) is 24.7 Å². The lowest BCUT2D eigenvalue weighted by molar-refractivity contribution is -0.119. The smallest absolute Gasteiger partial charge is 0.144 e. The van der Waals surface area contributed by atoms with Gasteiger partial charge in [0.25, 0.3) is 0 Å². The summed E-state index contributed by atoms with van der Waals surface area (Å²) in [5.41, 5.74) is 4.20. The maximum atomic E-state index is 12.6. The van der Waals surface area contributed by atoms with Crippen LogP contribution in [0.1, 0.15) is 34.7 Å². The average Bonchev–Trinajstić information content (AvgIpc) is 2.96. The monoisotopic (exact) mass is 288 g/mol. The van der Waals surface area contributed by atoms with Crippen molar-refractivity contribution in [3.63, 3.8) is 0 Å². The second kappa shape index (κ2) is 5.06. The molecule has 0 radical (unpaired) electrons. The van der Waals surface area contributed by atoms with Crippen molar-refractivity contribution in [2.24, 2.45) is 7.05 Å². The number of carbonyl (C=O) groups excluding carboxylic acids is 1. The number of ketones is 1. The molecule has 0 saturated heterocycles. The number of hydrogen-bond acceptors (Lipinski definition) is 2. The zero-order chi connectivity index (χ0) is 14.3. The van der Waals surface area contributed by atoms with Crippen LogP contribution in [-0.4, -0.2) is 15.6 Å². The molecule has 0 bridgehead atoms. The van der Waals surface area contributed by atoms with Gasteiger partial charge in [-0.3, -0.25) is 9.48 Å². The molecule has 4 heteroatoms. The predicted octanol–water partition coefficient (Wildman–Crippen LogP) is 3.22. The number of aromatic nitrogens is 2. The summed E-state index contributed by atoms with van der Waals surface area (Å²) in [6, 6.07) is 8.23. The summed E-state index contributed by atoms with van der Waals surface area (Å²) in [6.45, 7) is 1.90. The van der Waals surface area contributed by atoms with Crippen LogP contribution in [0.25, 0.3) is 0 Å². The molecule has 0 fully saturated rings. The van der Waals surface area contributed by atoms with Gasteiger partial charge in [0, 0.05) is 24.9 Å². The summed E-state index contributed by atoms with van der Waals surface area (Å²) < 4.78 is 1.63. The minimum atomic E-state index is 0.0156. The average molecular weight is 289 g/mol. The van der Waals surface area contributed by atoms with E-state index in [2.05, 4.69) is 17.2 Å². The standard InChI is InChI=1S/C16H17ClN2O/c1-10-14(16(17)19(2)18-10)9-15(20)13-8-7-11-5-3-4-6-12(11)13/h3-6,13H,7-9H2,1-2H3. The van der Waals surface area contributed by atoms with Gasteiger partial charge in [0.1, 0.15) is 10.9 Å². The van der Waals surface area contributed by atoms with Crippen LogP contribution in [0.5, 0.6) is 0 Å². The van der Waals surface area contributed by atoms with E-state index in [1.807, 2.05) is 19.1 Å². The SMILES string of the molecule is Cc1nn(C)c(Cl)c1CC(=O)C1CCc2ccccc21. The molecule has 1 aliphatic carbocycles. The highest BCUT2D eigenvalue weighted by atomic mass is 35.5. The number of benzene rings is 1. The first-order valence-electron chi connectivity index (χ1n) is 6.86. The molecule has 104 valence electrons. The van der Waals surface area contributed by atoms with Crippen molar-refractivity contribution in [2.75, 3.05) is 0 Å². The van der Waals surface area contributed by atoms with Crippen molar-refractivity contribution in [3.8, 4) is 0 Å². The molecule has 0 saturated carbocycles. The van der Waals surface area contributed by atoms with Crippen molar-refractivity contribution in [3.05, 3.63) is 51.8 Å². The molecule has 1 aromatic heterocycles. The van der Waals surface area contributed by atoms with Crippen molar-refractivity contribution in [1.82, 2.24) is 9.78 Å². The van der Waals surface area contributed by atoms with Gasteiger partial charge in [-0.1, -0.05) is 35.9 Å². The highest BCUT2D eigenvalue weighted by Crippen LogP contribution is 2.35. The number of carbonyl (C=O) groups is 1. The minimum absolute atomic E-state index is 0.0156. The van der Waals surface area contributed by atoms with E-state index < -0.39 is 0 Å². The van der Waals surface area contributed by atoms with E-state index in [9.17, 15) is 4.79 Å². The van der Waals surface area contributed by atoms with Crippen LogP contribution in [0.2, 0.25) is 5.15 Å². The lowest BCUT2D eigenvalue weighted by atomic mass is 9.93. The van der Waals surface area contributed by atoms with Crippen molar-refractivity contribution >= 4 is 17.4 Å². The first kappa shape index (κ1) is 13.4. The number of fused-ring (bicyclic) bond motifs is 1. The highest BCUT2D eigenvalue weighted by molar-refractivity contribution is 6.30. The van der Waals surface area contributed by atoms with Gasteiger partial charge in [0.15, 0.2) is 0 Å². The molecule has 2 aromatic rings. The van der Waals surface area contributed by atoms with E-state index in [0.717, 1.165) is 24.1 Å². The van der Waals surface area contributed by atoms with Gasteiger partial charge in [0.05, 0.1) is 5.69 Å². The molecule has 20 heavy (non-hydrogen) atoms. The van der Waals surface area contributed by atoms with Crippen LogP contribution in [0.15, 0.2) is 24.3 Å². The van der Waals surface area contributed by atoms with E-state index in [1.54, 1.807) is 11.7 Å². The number of hydrogen-bond donors (Lipinski definition) is 0. The zero-order valence-corrected chi connectivity index (χ0v) is 12.4. The van der Waals surface area contributed by atoms with E-state index in [-0.39, 0.29) is 11.7 Å². The van der Waals surface area contributed by atoms with Crippen molar-refractivity contribution < 1.29 is 4.79 Å². The first-order chi connectivity index (χ1) is 9.58. The normalized spacial score (nSPS) is 17.2. The molecular weight excluding hydrogens is 272 g/mol. The fraction of sp³-hybridized carbons (Fsp3) is 0.375. The van der Waals surface area contributed by atoms with E-state index in [4.69, 9.17) is 11.6 Å². The van der Waals surface area contributed by atoms with E-state index in [1.165, 1.54) is 11.1 Å². The van der Waals surface area contributed by atoms with Gasteiger partial charge >= 0.3 is 0 Å². The predicted molar refractivity (Wildman–Crippen MR) is 79.2 cm³/mol. The molecule has 1 heterocycles. The van der Waals surface area contributed by atoms with Gasteiger partial charge in [-0.15, -0.1) is 0 Å². The van der Waals surface area contributed by atoms with Crippen LogP contribution in [0, 0.1) is 6.92 Å². The topological polar surface area (TPSA) is 34.9 Å². The summed E-state index contributed by atoms with van der Waals surface area (Å²) in [6.07, 6.45) is 2.28. The summed E-state index contributed by atoms with van der Waals surface area (Å²) in [5, 5.41) is 4.84. The molecule has 0 aliphatic heterocycles. The molecule has 0 amide bonds. The Balaban J connectivity index is 1.85. The third-order valence-electron chi connectivity index (χ3n) is 4.14. The second-order valence-corrected chi connectivity index (χ2v) is 5.77. The third kappa shape index (κ3) is 2.16. The molecule has 1 aliphatic rings. The van der Waals surface area contributed by atoms with Gasteiger partial charge in [0.2, 0.25) is 0 Å². The Labute approximate surface area is 123 Å². The van der Waals surface area contributed by atoms with Crippen LogP contribution in [0.3, 0.4) is 0 Å². The second-order valence-electron chi connectivity index (χ2n) is 5.41.